The molecule has 0 fully saturated rings. The molecule has 0 aliphatic heterocycles. The van der Waals surface area contributed by atoms with E-state index in [0.29, 0.717) is 17.7 Å². The van der Waals surface area contributed by atoms with E-state index in [1.165, 1.54) is 0 Å². The summed E-state index contributed by atoms with van der Waals surface area (Å²) in [5, 5.41) is 3.32. The van der Waals surface area contributed by atoms with E-state index in [2.05, 4.69) is 29.1 Å². The van der Waals surface area contributed by atoms with Crippen LogP contribution in [-0.2, 0) is 0 Å². The van der Waals surface area contributed by atoms with Crippen LogP contribution in [0.15, 0.2) is 24.3 Å². The molecule has 18 heavy (non-hydrogen) atoms. The summed E-state index contributed by atoms with van der Waals surface area (Å²) in [6, 6.07) is 8.07. The van der Waals surface area contributed by atoms with E-state index in [4.69, 9.17) is 5.73 Å². The largest absolute Gasteiger partial charge is 0.381 e. The number of nitrogens with zero attached hydrogens (tertiary/aromatic N) is 2. The van der Waals surface area contributed by atoms with E-state index in [1.54, 1.807) is 0 Å². The Morgan fingerprint density at radius 1 is 1.28 bits per heavy atom. The molecule has 3 N–H and O–H groups in total. The fraction of sp³-hybridized carbons (Fsp3) is 0.385. The van der Waals surface area contributed by atoms with Crippen LogP contribution in [0.3, 0.4) is 0 Å². The molecule has 0 radical (unpaired) electrons. The topological polar surface area (TPSA) is 63.8 Å². The zero-order valence-electron chi connectivity index (χ0n) is 10.7. The first kappa shape index (κ1) is 13.0. The van der Waals surface area contributed by atoms with E-state index in [0.717, 1.165) is 22.5 Å². The first-order valence-electron chi connectivity index (χ1n) is 6.07. The fourth-order valence-corrected chi connectivity index (χ4v) is 2.36. The second kappa shape index (κ2) is 5.91. The van der Waals surface area contributed by atoms with Gasteiger partial charge in [-0.1, -0.05) is 19.1 Å². The molecule has 0 bridgehead atoms. The molecule has 0 aliphatic carbocycles. The minimum absolute atomic E-state index is 0.327. The predicted molar refractivity (Wildman–Crippen MR) is 80.0 cm³/mol. The fourth-order valence-electron chi connectivity index (χ4n) is 1.69. The third kappa shape index (κ3) is 3.04. The predicted octanol–water partition coefficient (Wildman–Crippen LogP) is 2.77. The lowest BCUT2D eigenvalue weighted by Gasteiger charge is -2.15. The van der Waals surface area contributed by atoms with Gasteiger partial charge in [-0.2, -0.15) is 11.8 Å². The van der Waals surface area contributed by atoms with Gasteiger partial charge in [-0.05, 0) is 24.8 Å². The van der Waals surface area contributed by atoms with Gasteiger partial charge < -0.3 is 11.1 Å². The number of nitrogens with two attached hydrogens (primary N) is 1. The maximum Gasteiger partial charge on any atom is 0.169 e. The Hall–Kier alpha value is -1.49. The molecule has 0 spiro atoms. The Balaban J connectivity index is 2.19. The van der Waals surface area contributed by atoms with Gasteiger partial charge in [0.05, 0.1) is 11.0 Å². The van der Waals surface area contributed by atoms with Crippen LogP contribution in [0.2, 0.25) is 0 Å². The number of rotatable bonds is 5. The number of fused-ring (bicyclic) bond motifs is 1. The highest BCUT2D eigenvalue weighted by atomic mass is 32.2. The lowest BCUT2D eigenvalue weighted by Crippen LogP contribution is -2.20. The lowest BCUT2D eigenvalue weighted by atomic mass is 10.3. The normalized spacial score (nSPS) is 12.6. The van der Waals surface area contributed by atoms with Crippen LogP contribution in [0.1, 0.15) is 13.8 Å². The van der Waals surface area contributed by atoms with Crippen molar-refractivity contribution < 1.29 is 0 Å². The first-order valence-corrected chi connectivity index (χ1v) is 7.22. The number of benzene rings is 1. The Kier molecular flexibility index (Phi) is 4.25. The molecular weight excluding hydrogens is 244 g/mol. The van der Waals surface area contributed by atoms with Crippen LogP contribution in [0.25, 0.3) is 11.0 Å². The molecule has 5 heteroatoms. The zero-order valence-corrected chi connectivity index (χ0v) is 11.5. The molecule has 2 rings (SSSR count). The van der Waals surface area contributed by atoms with Crippen LogP contribution in [0.4, 0.5) is 11.6 Å². The molecule has 2 aromatic rings. The van der Waals surface area contributed by atoms with Crippen LogP contribution < -0.4 is 11.1 Å². The average Bonchev–Trinajstić information content (AvgIpc) is 2.37. The molecule has 0 aliphatic rings. The highest BCUT2D eigenvalue weighted by Crippen LogP contribution is 2.19. The summed E-state index contributed by atoms with van der Waals surface area (Å²) in [6.45, 7) is 4.28. The van der Waals surface area contributed by atoms with Gasteiger partial charge in [0, 0.05) is 11.8 Å². The molecule has 96 valence electrons. The third-order valence-electron chi connectivity index (χ3n) is 2.55. The minimum Gasteiger partial charge on any atom is -0.381 e. The Morgan fingerprint density at radius 3 is 2.61 bits per heavy atom. The van der Waals surface area contributed by atoms with Crippen LogP contribution >= 0.6 is 11.8 Å². The minimum atomic E-state index is 0.327. The molecule has 0 amide bonds. The van der Waals surface area contributed by atoms with Crippen LogP contribution in [0.5, 0.6) is 0 Å². The molecule has 0 saturated heterocycles. The van der Waals surface area contributed by atoms with Crippen molar-refractivity contribution in [3.63, 3.8) is 0 Å². The Bertz CT molecular complexity index is 529. The number of nitrogen functional groups attached to an aromatic ring is 1. The molecule has 1 atom stereocenters. The highest BCUT2D eigenvalue weighted by Gasteiger charge is 2.08. The molecule has 0 saturated carbocycles. The Morgan fingerprint density at radius 2 is 1.94 bits per heavy atom. The number of thioether (sulfide) groups is 1. The smallest absolute Gasteiger partial charge is 0.169 e. The maximum absolute atomic E-state index is 5.92. The second-order valence-corrected chi connectivity index (χ2v) is 5.47. The lowest BCUT2D eigenvalue weighted by molar-refractivity contribution is 0.903. The SMILES string of the molecule is CCSCC(C)Nc1nc2ccccc2nc1N. The summed E-state index contributed by atoms with van der Waals surface area (Å²) in [7, 11) is 0. The van der Waals surface area contributed by atoms with E-state index in [1.807, 2.05) is 36.0 Å². The molecule has 1 unspecified atom stereocenters. The van der Waals surface area contributed by atoms with Crippen molar-refractivity contribution in [2.24, 2.45) is 0 Å². The van der Waals surface area contributed by atoms with Crippen molar-refractivity contribution in [2.45, 2.75) is 19.9 Å². The number of hydrogen-bond acceptors (Lipinski definition) is 5. The number of hydrogen-bond donors (Lipinski definition) is 2. The molecular formula is C13H18N4S. The van der Waals surface area contributed by atoms with Gasteiger partial charge in [0.1, 0.15) is 0 Å². The van der Waals surface area contributed by atoms with Crippen LogP contribution in [-0.4, -0.2) is 27.5 Å². The summed E-state index contributed by atoms with van der Waals surface area (Å²) in [5.41, 5.74) is 7.62. The van der Waals surface area contributed by atoms with E-state index in [-0.39, 0.29) is 0 Å². The standard InChI is InChI=1S/C13H18N4S/c1-3-18-8-9(2)15-13-12(14)16-10-6-4-5-7-11(10)17-13/h4-7,9H,3,8H2,1-2H3,(H2,14,16)(H,15,17). The van der Waals surface area contributed by atoms with Gasteiger partial charge in [-0.25, -0.2) is 9.97 Å². The summed E-state index contributed by atoms with van der Waals surface area (Å²) in [4.78, 5) is 8.87. The highest BCUT2D eigenvalue weighted by molar-refractivity contribution is 7.99. The van der Waals surface area contributed by atoms with Gasteiger partial charge in [0.15, 0.2) is 11.6 Å². The Labute approximate surface area is 111 Å². The average molecular weight is 262 g/mol. The quantitative estimate of drug-likeness (QED) is 0.867. The summed E-state index contributed by atoms with van der Waals surface area (Å²) in [6.07, 6.45) is 0. The first-order chi connectivity index (χ1) is 8.70. The van der Waals surface area contributed by atoms with Crippen molar-refractivity contribution in [1.29, 1.82) is 0 Å². The van der Waals surface area contributed by atoms with Crippen LogP contribution in [0, 0.1) is 0 Å². The van der Waals surface area contributed by atoms with Crippen molar-refractivity contribution in [1.82, 2.24) is 9.97 Å². The zero-order chi connectivity index (χ0) is 13.0. The van der Waals surface area contributed by atoms with Gasteiger partial charge in [0.2, 0.25) is 0 Å². The monoisotopic (exact) mass is 262 g/mol. The van der Waals surface area contributed by atoms with Crippen molar-refractivity contribution >= 4 is 34.4 Å². The maximum atomic E-state index is 5.92. The molecule has 1 aromatic carbocycles. The summed E-state index contributed by atoms with van der Waals surface area (Å²) < 4.78 is 0. The third-order valence-corrected chi connectivity index (χ3v) is 3.70. The van der Waals surface area contributed by atoms with Gasteiger partial charge >= 0.3 is 0 Å². The van der Waals surface area contributed by atoms with Crippen molar-refractivity contribution in [2.75, 3.05) is 22.6 Å². The second-order valence-electron chi connectivity index (χ2n) is 4.15. The van der Waals surface area contributed by atoms with E-state index in [9.17, 15) is 0 Å². The summed E-state index contributed by atoms with van der Waals surface area (Å²) in [5.74, 6) is 3.29. The van der Waals surface area contributed by atoms with Gasteiger partial charge in [-0.3, -0.25) is 0 Å². The molecule has 4 nitrogen and oxygen atoms in total. The van der Waals surface area contributed by atoms with Gasteiger partial charge in [-0.15, -0.1) is 0 Å². The summed E-state index contributed by atoms with van der Waals surface area (Å²) >= 11 is 1.89. The van der Waals surface area contributed by atoms with E-state index >= 15 is 0 Å². The molecule has 1 heterocycles. The van der Waals surface area contributed by atoms with Gasteiger partial charge in [0.25, 0.3) is 0 Å². The number of anilines is 2. The number of para-hydroxylation sites is 2. The molecule has 1 aromatic heterocycles. The van der Waals surface area contributed by atoms with E-state index < -0.39 is 0 Å². The van der Waals surface area contributed by atoms with Crippen molar-refractivity contribution in [3.8, 4) is 0 Å². The number of nitrogens with one attached hydrogen (secondary N) is 1. The van der Waals surface area contributed by atoms with Crippen molar-refractivity contribution in [3.05, 3.63) is 24.3 Å². The number of aromatic nitrogens is 2.